The van der Waals surface area contributed by atoms with Crippen LogP contribution in [0.5, 0.6) is 0 Å². The number of primary sulfonamides is 1. The average molecular weight is 900 g/mol. The number of hydrogen-bond acceptors (Lipinski definition) is 6. The van der Waals surface area contributed by atoms with Crippen molar-refractivity contribution >= 4 is 43.7 Å². The molecule has 0 aromatic heterocycles. The summed E-state index contributed by atoms with van der Waals surface area (Å²) in [6.45, 7) is 4.58. The van der Waals surface area contributed by atoms with Crippen molar-refractivity contribution in [2.45, 2.75) is 75.5 Å². The number of nitrogens with two attached hydrogens (primary N) is 1. The van der Waals surface area contributed by atoms with Crippen LogP contribution in [0.2, 0.25) is 0 Å². The van der Waals surface area contributed by atoms with E-state index in [0.717, 1.165) is 77.2 Å². The Hall–Kier alpha value is -4.57. The number of carboxylic acid groups (broad SMARTS) is 1. The summed E-state index contributed by atoms with van der Waals surface area (Å²) >= 11 is 3.57. The zero-order valence-corrected chi connectivity index (χ0v) is 35.1. The molecule has 316 valence electrons. The van der Waals surface area contributed by atoms with Gasteiger partial charge in [-0.15, -0.1) is 0 Å². The van der Waals surface area contributed by atoms with Crippen LogP contribution in [0.3, 0.4) is 0 Å². The number of nitrogens with zero attached hydrogens (tertiary/aromatic N) is 2. The van der Waals surface area contributed by atoms with E-state index in [1.54, 1.807) is 17.0 Å². The minimum Gasteiger partial charge on any atom is -0.475 e. The molecule has 2 saturated heterocycles. The fraction of sp³-hybridized carbons (Fsp3) is 0.386. The van der Waals surface area contributed by atoms with Crippen LogP contribution in [-0.4, -0.2) is 73.5 Å². The second kappa shape index (κ2) is 21.1. The molecular formula is C44H50BrF3N4O6S. The molecule has 59 heavy (non-hydrogen) atoms. The number of aliphatic carboxylic acids is 1. The van der Waals surface area contributed by atoms with Gasteiger partial charge in [0.25, 0.3) is 5.91 Å². The maximum absolute atomic E-state index is 13.8. The molecule has 2 amide bonds. The van der Waals surface area contributed by atoms with Gasteiger partial charge in [0.1, 0.15) is 0 Å². The van der Waals surface area contributed by atoms with E-state index in [4.69, 9.17) is 15.0 Å². The highest BCUT2D eigenvalue weighted by atomic mass is 79.9. The number of alkyl halides is 3. The van der Waals surface area contributed by atoms with Crippen LogP contribution >= 0.6 is 15.9 Å². The monoisotopic (exact) mass is 898 g/mol. The van der Waals surface area contributed by atoms with Gasteiger partial charge in [0, 0.05) is 36.2 Å². The lowest BCUT2D eigenvalue weighted by molar-refractivity contribution is -0.192. The van der Waals surface area contributed by atoms with Gasteiger partial charge in [-0.1, -0.05) is 95.9 Å². The second-order valence-corrected chi connectivity index (χ2v) is 17.6. The fourth-order valence-electron chi connectivity index (χ4n) is 7.53. The molecule has 10 nitrogen and oxygen atoms in total. The lowest BCUT2D eigenvalue weighted by Gasteiger charge is -2.32. The molecule has 0 bridgehead atoms. The van der Waals surface area contributed by atoms with Gasteiger partial charge >= 0.3 is 12.1 Å². The van der Waals surface area contributed by atoms with E-state index in [9.17, 15) is 31.2 Å². The molecule has 0 unspecified atom stereocenters. The lowest BCUT2D eigenvalue weighted by atomic mass is 9.87. The normalized spacial score (nSPS) is 15.2. The van der Waals surface area contributed by atoms with Crippen molar-refractivity contribution in [2.24, 2.45) is 17.0 Å². The Kier molecular flexibility index (Phi) is 16.3. The smallest absolute Gasteiger partial charge is 0.475 e. The van der Waals surface area contributed by atoms with Crippen molar-refractivity contribution in [3.05, 3.63) is 124 Å². The van der Waals surface area contributed by atoms with Crippen LogP contribution < -0.4 is 10.5 Å². The molecule has 0 saturated carbocycles. The molecule has 2 aliphatic heterocycles. The fourth-order valence-corrected chi connectivity index (χ4v) is 8.47. The Balaban J connectivity index is 0.000000867. The molecule has 0 atom stereocenters. The number of sulfonamides is 1. The highest BCUT2D eigenvalue weighted by Crippen LogP contribution is 2.29. The molecule has 0 radical (unpaired) electrons. The number of amides is 2. The van der Waals surface area contributed by atoms with Crippen LogP contribution in [-0.2, 0) is 39.1 Å². The molecule has 4 aromatic carbocycles. The maximum atomic E-state index is 13.8. The number of carbonyl (C=O) groups excluding carboxylic acids is 2. The summed E-state index contributed by atoms with van der Waals surface area (Å²) in [5, 5.41) is 15.9. The topological polar surface area (TPSA) is 150 Å². The van der Waals surface area contributed by atoms with Crippen LogP contribution in [0, 0.1) is 11.8 Å². The number of nitrogens with one attached hydrogen (secondary N) is 1. The van der Waals surface area contributed by atoms with Crippen molar-refractivity contribution in [3.63, 3.8) is 0 Å². The summed E-state index contributed by atoms with van der Waals surface area (Å²) in [5.41, 5.74) is 5.23. The quantitative estimate of drug-likeness (QED) is 0.123. The summed E-state index contributed by atoms with van der Waals surface area (Å²) in [5.74, 6) is -1.15. The number of piperidine rings is 2. The van der Waals surface area contributed by atoms with Gasteiger partial charge in [-0.05, 0) is 115 Å². The standard InChI is InChI=1S/C42H49BrN4O4S.C2HF3O2/c43-40-13-2-1-9-37(40)28-41(48)47(29-33-14-16-39(17-15-33)52(44,50)51)30-34-8-4-10-35(26-34)36-11-5-12-38(27-36)42(49)46-24-20-32(21-25-46)7-3-6-31-18-22-45-23-19-31;3-2(4,5)1(6)7/h1-2,4-5,8-17,26-27,31-32,45H,3,6-7,18-25,28-30H2,(H2,44,50,51);(H,6,7). The van der Waals surface area contributed by atoms with Crippen molar-refractivity contribution in [2.75, 3.05) is 26.2 Å². The predicted octanol–water partition coefficient (Wildman–Crippen LogP) is 8.19. The number of rotatable bonds is 13. The predicted molar refractivity (Wildman–Crippen MR) is 224 cm³/mol. The highest BCUT2D eigenvalue weighted by Gasteiger charge is 2.38. The van der Waals surface area contributed by atoms with Gasteiger partial charge in [-0.3, -0.25) is 9.59 Å². The first-order valence-corrected chi connectivity index (χ1v) is 22.0. The van der Waals surface area contributed by atoms with Crippen molar-refractivity contribution in [1.29, 1.82) is 0 Å². The third-order valence-electron chi connectivity index (χ3n) is 10.8. The Morgan fingerprint density at radius 1 is 0.797 bits per heavy atom. The van der Waals surface area contributed by atoms with E-state index < -0.39 is 22.2 Å². The molecule has 15 heteroatoms. The van der Waals surface area contributed by atoms with Crippen LogP contribution in [0.25, 0.3) is 11.1 Å². The Labute approximate surface area is 352 Å². The second-order valence-electron chi connectivity index (χ2n) is 15.2. The summed E-state index contributed by atoms with van der Waals surface area (Å²) in [4.78, 5) is 40.2. The molecule has 2 aliphatic rings. The third kappa shape index (κ3) is 14.0. The van der Waals surface area contributed by atoms with Gasteiger partial charge in [-0.25, -0.2) is 18.4 Å². The van der Waals surface area contributed by atoms with E-state index >= 15 is 0 Å². The number of halogens is 4. The maximum Gasteiger partial charge on any atom is 0.490 e. The zero-order valence-electron chi connectivity index (χ0n) is 32.7. The van der Waals surface area contributed by atoms with Crippen LogP contribution in [0.4, 0.5) is 13.2 Å². The van der Waals surface area contributed by atoms with E-state index in [0.29, 0.717) is 18.0 Å². The van der Waals surface area contributed by atoms with E-state index in [-0.39, 0.29) is 29.7 Å². The van der Waals surface area contributed by atoms with E-state index in [1.165, 1.54) is 44.2 Å². The first-order chi connectivity index (χ1) is 28.1. The molecule has 6 rings (SSSR count). The molecule has 4 aromatic rings. The average Bonchev–Trinajstić information content (AvgIpc) is 3.22. The van der Waals surface area contributed by atoms with Gasteiger partial charge in [0.2, 0.25) is 15.9 Å². The minimum atomic E-state index is -5.08. The van der Waals surface area contributed by atoms with Gasteiger partial charge in [0.15, 0.2) is 0 Å². The number of benzene rings is 4. The number of carboxylic acids is 1. The third-order valence-corrected chi connectivity index (χ3v) is 12.6. The van der Waals surface area contributed by atoms with Gasteiger partial charge in [0.05, 0.1) is 11.3 Å². The highest BCUT2D eigenvalue weighted by molar-refractivity contribution is 9.10. The van der Waals surface area contributed by atoms with Crippen molar-refractivity contribution < 1.29 is 41.1 Å². The number of hydrogen-bond donors (Lipinski definition) is 3. The summed E-state index contributed by atoms with van der Waals surface area (Å²) in [6.07, 6.45) is 3.80. The van der Waals surface area contributed by atoms with Gasteiger partial charge < -0.3 is 20.2 Å². The van der Waals surface area contributed by atoms with E-state index in [1.807, 2.05) is 71.6 Å². The molecule has 0 aliphatic carbocycles. The molecule has 4 N–H and O–H groups in total. The van der Waals surface area contributed by atoms with Crippen LogP contribution in [0.15, 0.2) is 106 Å². The Bertz CT molecular complexity index is 2160. The molecule has 0 spiro atoms. The van der Waals surface area contributed by atoms with Crippen molar-refractivity contribution in [3.8, 4) is 11.1 Å². The van der Waals surface area contributed by atoms with Gasteiger partial charge in [-0.2, -0.15) is 13.2 Å². The largest absolute Gasteiger partial charge is 0.490 e. The summed E-state index contributed by atoms with van der Waals surface area (Å²) < 4.78 is 56.2. The Morgan fingerprint density at radius 2 is 1.37 bits per heavy atom. The summed E-state index contributed by atoms with van der Waals surface area (Å²) in [6, 6.07) is 29.9. The SMILES string of the molecule is NS(=O)(=O)c1ccc(CN(Cc2cccc(-c3cccc(C(=O)N4CCC(CCCC5CCNCC5)CC4)c3)c2)C(=O)Cc2ccccc2Br)cc1.O=C(O)C(F)(F)F. The first kappa shape index (κ1) is 45.5. The van der Waals surface area contributed by atoms with Crippen LogP contribution in [0.1, 0.15) is 72.0 Å². The number of carbonyl (C=O) groups is 3. The molecule has 2 heterocycles. The zero-order chi connectivity index (χ0) is 42.6. The first-order valence-electron chi connectivity index (χ1n) is 19.7. The lowest BCUT2D eigenvalue weighted by Crippen LogP contribution is -2.38. The summed E-state index contributed by atoms with van der Waals surface area (Å²) in [7, 11) is -3.82. The molecule has 2 fully saturated rings. The molecular weight excluding hydrogens is 849 g/mol. The minimum absolute atomic E-state index is 0.0264. The Morgan fingerprint density at radius 3 is 1.98 bits per heavy atom. The number of likely N-dealkylation sites (tertiary alicyclic amines) is 1. The van der Waals surface area contributed by atoms with E-state index in [2.05, 4.69) is 27.3 Å². The van der Waals surface area contributed by atoms with Crippen molar-refractivity contribution in [1.82, 2.24) is 15.1 Å².